The van der Waals surface area contributed by atoms with E-state index in [4.69, 9.17) is 9.47 Å². The van der Waals surface area contributed by atoms with Gasteiger partial charge in [-0.3, -0.25) is 9.78 Å². The third-order valence-corrected chi connectivity index (χ3v) is 5.07. The minimum absolute atomic E-state index is 0.205. The number of nitrogens with zero attached hydrogens (tertiary/aromatic N) is 3. The van der Waals surface area contributed by atoms with Crippen molar-refractivity contribution in [1.82, 2.24) is 14.8 Å². The summed E-state index contributed by atoms with van der Waals surface area (Å²) >= 11 is 0. The second kappa shape index (κ2) is 7.59. The predicted molar refractivity (Wildman–Crippen MR) is 108 cm³/mol. The molecule has 1 aromatic carbocycles. The highest BCUT2D eigenvalue weighted by Crippen LogP contribution is 2.31. The molecule has 2 aromatic rings. The van der Waals surface area contributed by atoms with Gasteiger partial charge in [-0.1, -0.05) is 12.1 Å². The number of amides is 2. The van der Waals surface area contributed by atoms with Crippen molar-refractivity contribution in [3.8, 4) is 17.0 Å². The number of halogens is 1. The molecule has 4 rings (SSSR count). The number of pyridine rings is 1. The summed E-state index contributed by atoms with van der Waals surface area (Å²) in [4.78, 5) is 33.1. The molecule has 2 aliphatic heterocycles. The molecule has 0 spiro atoms. The molecule has 1 saturated heterocycles. The Morgan fingerprint density at radius 2 is 2.00 bits per heavy atom. The van der Waals surface area contributed by atoms with E-state index >= 15 is 0 Å². The van der Waals surface area contributed by atoms with Gasteiger partial charge in [-0.25, -0.2) is 9.18 Å². The van der Waals surface area contributed by atoms with E-state index in [2.05, 4.69) is 4.98 Å². The number of aromatic nitrogens is 1. The van der Waals surface area contributed by atoms with Crippen LogP contribution in [0.3, 0.4) is 0 Å². The first kappa shape index (κ1) is 20.1. The highest BCUT2D eigenvalue weighted by Gasteiger charge is 2.38. The van der Waals surface area contributed by atoms with Gasteiger partial charge in [-0.15, -0.1) is 0 Å². The highest BCUT2D eigenvalue weighted by atomic mass is 19.1. The molecule has 0 radical (unpaired) electrons. The predicted octanol–water partition coefficient (Wildman–Crippen LogP) is 3.34. The van der Waals surface area contributed by atoms with Gasteiger partial charge in [0.25, 0.3) is 5.91 Å². The topological polar surface area (TPSA) is 72.0 Å². The van der Waals surface area contributed by atoms with Crippen molar-refractivity contribution in [3.05, 3.63) is 47.9 Å². The Balaban J connectivity index is 1.56. The number of ether oxygens (including phenoxy) is 2. The van der Waals surface area contributed by atoms with Gasteiger partial charge < -0.3 is 19.3 Å². The van der Waals surface area contributed by atoms with Gasteiger partial charge in [-0.05, 0) is 32.9 Å². The number of hydrogen-bond acceptors (Lipinski definition) is 5. The van der Waals surface area contributed by atoms with Crippen molar-refractivity contribution in [2.75, 3.05) is 26.2 Å². The van der Waals surface area contributed by atoms with Crippen LogP contribution in [0.15, 0.2) is 36.5 Å². The standard InChI is InChI=1S/C22H24FN3O4/c1-22(2,3)30-21(28)25-8-9-26-14(12-25)13-29-19-10-18(24-11-16(19)20(26)27)15-6-4-5-7-17(15)23/h4-7,10-11,14H,8-9,12-13H2,1-3H3. The largest absolute Gasteiger partial charge is 0.490 e. The first-order chi connectivity index (χ1) is 14.2. The lowest BCUT2D eigenvalue weighted by Crippen LogP contribution is -2.58. The van der Waals surface area contributed by atoms with Crippen molar-refractivity contribution in [3.63, 3.8) is 0 Å². The molecule has 1 aromatic heterocycles. The van der Waals surface area contributed by atoms with Crippen LogP contribution < -0.4 is 4.74 Å². The summed E-state index contributed by atoms with van der Waals surface area (Å²) in [6.07, 6.45) is 1.03. The van der Waals surface area contributed by atoms with E-state index in [0.717, 1.165) is 0 Å². The maximum Gasteiger partial charge on any atom is 0.410 e. The van der Waals surface area contributed by atoms with Gasteiger partial charge in [0.15, 0.2) is 0 Å². The Kier molecular flexibility index (Phi) is 5.09. The van der Waals surface area contributed by atoms with Crippen LogP contribution in [0.5, 0.6) is 5.75 Å². The average molecular weight is 413 g/mol. The summed E-state index contributed by atoms with van der Waals surface area (Å²) in [6, 6.07) is 7.61. The first-order valence-corrected chi connectivity index (χ1v) is 9.89. The number of carbonyl (C=O) groups is 2. The lowest BCUT2D eigenvalue weighted by Gasteiger charge is -2.40. The SMILES string of the molecule is CC(C)(C)OC(=O)N1CCN2C(=O)c3cnc(-c4ccccc4F)cc3OCC2C1. The summed E-state index contributed by atoms with van der Waals surface area (Å²) in [5.41, 5.74) is 0.488. The molecule has 1 unspecified atom stereocenters. The van der Waals surface area contributed by atoms with E-state index in [9.17, 15) is 14.0 Å². The second-order valence-corrected chi connectivity index (χ2v) is 8.44. The summed E-state index contributed by atoms with van der Waals surface area (Å²) in [7, 11) is 0. The summed E-state index contributed by atoms with van der Waals surface area (Å²) in [5.74, 6) is -0.231. The van der Waals surface area contributed by atoms with Gasteiger partial charge in [0.05, 0.1) is 17.3 Å². The first-order valence-electron chi connectivity index (χ1n) is 9.89. The quantitative estimate of drug-likeness (QED) is 0.717. The molecule has 7 nitrogen and oxygen atoms in total. The Hall–Kier alpha value is -3.16. The molecule has 0 aliphatic carbocycles. The number of carbonyl (C=O) groups excluding carboxylic acids is 2. The van der Waals surface area contributed by atoms with E-state index in [1.165, 1.54) is 12.3 Å². The monoisotopic (exact) mass is 413 g/mol. The van der Waals surface area contributed by atoms with E-state index in [1.807, 2.05) is 20.8 Å². The third kappa shape index (κ3) is 3.94. The normalized spacial score (nSPS) is 18.8. The molecule has 2 aliphatic rings. The van der Waals surface area contributed by atoms with Crippen LogP contribution in [0, 0.1) is 5.82 Å². The van der Waals surface area contributed by atoms with Crippen molar-refractivity contribution < 1.29 is 23.5 Å². The highest BCUT2D eigenvalue weighted by molar-refractivity contribution is 5.97. The van der Waals surface area contributed by atoms with Crippen molar-refractivity contribution in [1.29, 1.82) is 0 Å². The fourth-order valence-corrected chi connectivity index (χ4v) is 3.63. The maximum absolute atomic E-state index is 14.1. The zero-order chi connectivity index (χ0) is 21.5. The van der Waals surface area contributed by atoms with Gasteiger partial charge in [0.2, 0.25) is 0 Å². The minimum Gasteiger partial charge on any atom is -0.490 e. The molecule has 2 amide bonds. The lowest BCUT2D eigenvalue weighted by molar-refractivity contribution is 0.000950. The van der Waals surface area contributed by atoms with Crippen LogP contribution in [-0.4, -0.2) is 64.7 Å². The van der Waals surface area contributed by atoms with Crippen LogP contribution in [0.25, 0.3) is 11.3 Å². The number of benzene rings is 1. The Labute approximate surface area is 174 Å². The van der Waals surface area contributed by atoms with E-state index in [1.54, 1.807) is 34.1 Å². The van der Waals surface area contributed by atoms with Crippen molar-refractivity contribution >= 4 is 12.0 Å². The fourth-order valence-electron chi connectivity index (χ4n) is 3.63. The number of piperazine rings is 1. The van der Waals surface area contributed by atoms with Gasteiger partial charge in [-0.2, -0.15) is 0 Å². The molecule has 1 fully saturated rings. The van der Waals surface area contributed by atoms with E-state index in [-0.39, 0.29) is 18.6 Å². The molecule has 0 saturated carbocycles. The lowest BCUT2D eigenvalue weighted by atomic mass is 10.1. The molecule has 30 heavy (non-hydrogen) atoms. The molecule has 0 N–H and O–H groups in total. The summed E-state index contributed by atoms with van der Waals surface area (Å²) in [5, 5.41) is 0. The van der Waals surface area contributed by atoms with Crippen LogP contribution in [-0.2, 0) is 4.74 Å². The van der Waals surface area contributed by atoms with Gasteiger partial charge in [0, 0.05) is 37.5 Å². The maximum atomic E-state index is 14.1. The molecule has 0 bridgehead atoms. The average Bonchev–Trinajstić information content (AvgIpc) is 2.83. The van der Waals surface area contributed by atoms with Crippen LogP contribution in [0.4, 0.5) is 9.18 Å². The Morgan fingerprint density at radius 3 is 2.73 bits per heavy atom. The van der Waals surface area contributed by atoms with Crippen LogP contribution in [0.1, 0.15) is 31.1 Å². The Morgan fingerprint density at radius 1 is 1.23 bits per heavy atom. The van der Waals surface area contributed by atoms with Gasteiger partial charge in [0.1, 0.15) is 23.8 Å². The van der Waals surface area contributed by atoms with Gasteiger partial charge >= 0.3 is 6.09 Å². The van der Waals surface area contributed by atoms with Crippen molar-refractivity contribution in [2.45, 2.75) is 32.4 Å². The number of fused-ring (bicyclic) bond motifs is 2. The van der Waals surface area contributed by atoms with Crippen LogP contribution >= 0.6 is 0 Å². The van der Waals surface area contributed by atoms with E-state index < -0.39 is 17.5 Å². The summed E-state index contributed by atoms with van der Waals surface area (Å²) in [6.45, 7) is 6.75. The third-order valence-electron chi connectivity index (χ3n) is 5.07. The van der Waals surface area contributed by atoms with E-state index in [0.29, 0.717) is 42.2 Å². The molecular formula is C22H24FN3O4. The molecular weight excluding hydrogens is 389 g/mol. The molecule has 8 heteroatoms. The zero-order valence-electron chi connectivity index (χ0n) is 17.2. The second-order valence-electron chi connectivity index (χ2n) is 8.44. The smallest absolute Gasteiger partial charge is 0.410 e. The fraction of sp³-hybridized carbons (Fsp3) is 0.409. The minimum atomic E-state index is -0.588. The van der Waals surface area contributed by atoms with Crippen molar-refractivity contribution in [2.24, 2.45) is 0 Å². The van der Waals surface area contributed by atoms with Crippen LogP contribution in [0.2, 0.25) is 0 Å². The molecule has 158 valence electrons. The Bertz CT molecular complexity index is 989. The number of hydrogen-bond donors (Lipinski definition) is 0. The molecule has 3 heterocycles. The number of rotatable bonds is 1. The molecule has 1 atom stereocenters. The zero-order valence-corrected chi connectivity index (χ0v) is 17.2. The summed E-state index contributed by atoms with van der Waals surface area (Å²) < 4.78 is 25.5.